The summed E-state index contributed by atoms with van der Waals surface area (Å²) in [7, 11) is 0. The highest BCUT2D eigenvalue weighted by atomic mass is 16.3. The minimum Gasteiger partial charge on any atom is -0.456 e. The Bertz CT molecular complexity index is 3210. The topological polar surface area (TPSA) is 65.0 Å². The average molecular weight is 692 g/mol. The van der Waals surface area contributed by atoms with Crippen LogP contribution in [0, 0.1) is 0 Å². The molecule has 0 atom stereocenters. The molecule has 3 aromatic heterocycles. The Kier molecular flexibility index (Phi) is 6.79. The molecule has 11 aromatic rings. The van der Waals surface area contributed by atoms with Gasteiger partial charge in [0, 0.05) is 38.2 Å². The van der Waals surface area contributed by atoms with E-state index >= 15 is 0 Å². The van der Waals surface area contributed by atoms with Crippen LogP contribution in [0.1, 0.15) is 0 Å². The van der Waals surface area contributed by atoms with Crippen LogP contribution in [0.2, 0.25) is 0 Å². The lowest BCUT2D eigenvalue weighted by Crippen LogP contribution is -2.00. The molecule has 0 aliphatic heterocycles. The molecule has 54 heavy (non-hydrogen) atoms. The van der Waals surface area contributed by atoms with E-state index in [0.717, 1.165) is 82.5 Å². The number of benzene rings is 8. The molecule has 11 rings (SSSR count). The predicted molar refractivity (Wildman–Crippen MR) is 219 cm³/mol. The second kappa shape index (κ2) is 12.1. The van der Waals surface area contributed by atoms with Gasteiger partial charge in [-0.05, 0) is 75.5 Å². The van der Waals surface area contributed by atoms with Crippen LogP contribution in [0.25, 0.3) is 111 Å². The number of aromatic nitrogens is 3. The van der Waals surface area contributed by atoms with Crippen molar-refractivity contribution in [1.82, 2.24) is 15.0 Å². The average Bonchev–Trinajstić information content (AvgIpc) is 3.81. The van der Waals surface area contributed by atoms with Crippen molar-refractivity contribution < 1.29 is 8.83 Å². The van der Waals surface area contributed by atoms with Gasteiger partial charge in [-0.25, -0.2) is 15.0 Å². The standard InChI is InChI=1S/C49H29N3O2/c1-2-9-30(10-3-1)32-17-19-33(20-18-32)35-23-26-40-45(28-35)54-43-16-8-14-41(46(40)43)49-51-47(36-22-21-31-11-4-5-12-34(31)27-36)50-48(52-49)37-24-25-39-38-13-6-7-15-42(38)53-44(39)29-37/h1-29H. The van der Waals surface area contributed by atoms with Crippen molar-refractivity contribution in [2.24, 2.45) is 0 Å². The molecular weight excluding hydrogens is 663 g/mol. The second-order valence-electron chi connectivity index (χ2n) is 13.6. The van der Waals surface area contributed by atoms with Gasteiger partial charge in [0.2, 0.25) is 0 Å². The fraction of sp³-hybridized carbons (Fsp3) is 0. The fourth-order valence-electron chi connectivity index (χ4n) is 7.63. The molecule has 3 heterocycles. The molecule has 0 aliphatic carbocycles. The van der Waals surface area contributed by atoms with E-state index in [1.165, 1.54) is 11.1 Å². The van der Waals surface area contributed by atoms with Crippen LogP contribution in [0.4, 0.5) is 0 Å². The van der Waals surface area contributed by atoms with Crippen LogP contribution in [0.3, 0.4) is 0 Å². The molecule has 0 N–H and O–H groups in total. The third-order valence-corrected chi connectivity index (χ3v) is 10.3. The Balaban J connectivity index is 1.06. The van der Waals surface area contributed by atoms with Crippen molar-refractivity contribution >= 4 is 54.6 Å². The van der Waals surface area contributed by atoms with Crippen LogP contribution in [0.15, 0.2) is 185 Å². The molecule has 0 amide bonds. The number of para-hydroxylation sites is 1. The quantitative estimate of drug-likeness (QED) is 0.180. The first kappa shape index (κ1) is 30.3. The van der Waals surface area contributed by atoms with Gasteiger partial charge in [0.15, 0.2) is 17.5 Å². The number of nitrogens with zero attached hydrogens (tertiary/aromatic N) is 3. The Morgan fingerprint density at radius 1 is 0.296 bits per heavy atom. The molecule has 252 valence electrons. The number of fused-ring (bicyclic) bond motifs is 7. The maximum absolute atomic E-state index is 6.54. The second-order valence-corrected chi connectivity index (χ2v) is 13.6. The summed E-state index contributed by atoms with van der Waals surface area (Å²) < 4.78 is 12.8. The summed E-state index contributed by atoms with van der Waals surface area (Å²) in [5.74, 6) is 1.73. The number of rotatable bonds is 5. The zero-order chi connectivity index (χ0) is 35.6. The van der Waals surface area contributed by atoms with Gasteiger partial charge in [0.05, 0.1) is 0 Å². The summed E-state index contributed by atoms with van der Waals surface area (Å²) in [6.07, 6.45) is 0. The van der Waals surface area contributed by atoms with E-state index in [-0.39, 0.29) is 0 Å². The van der Waals surface area contributed by atoms with E-state index in [0.29, 0.717) is 17.5 Å². The summed E-state index contributed by atoms with van der Waals surface area (Å²) in [4.78, 5) is 15.4. The predicted octanol–water partition coefficient (Wildman–Crippen LogP) is 13.2. The zero-order valence-corrected chi connectivity index (χ0v) is 28.9. The summed E-state index contributed by atoms with van der Waals surface area (Å²) >= 11 is 0. The van der Waals surface area contributed by atoms with Crippen molar-refractivity contribution in [1.29, 1.82) is 0 Å². The molecule has 8 aromatic carbocycles. The molecule has 5 nitrogen and oxygen atoms in total. The third kappa shape index (κ3) is 5.06. The van der Waals surface area contributed by atoms with E-state index in [4.69, 9.17) is 23.8 Å². The fourth-order valence-corrected chi connectivity index (χ4v) is 7.63. The van der Waals surface area contributed by atoms with Crippen LogP contribution >= 0.6 is 0 Å². The van der Waals surface area contributed by atoms with Gasteiger partial charge in [0.1, 0.15) is 22.3 Å². The van der Waals surface area contributed by atoms with Gasteiger partial charge in [-0.15, -0.1) is 0 Å². The van der Waals surface area contributed by atoms with Crippen molar-refractivity contribution in [3.63, 3.8) is 0 Å². The minimum absolute atomic E-state index is 0.566. The summed E-state index contributed by atoms with van der Waals surface area (Å²) in [6.45, 7) is 0. The van der Waals surface area contributed by atoms with E-state index in [2.05, 4.69) is 133 Å². The highest BCUT2D eigenvalue weighted by Crippen LogP contribution is 2.39. The van der Waals surface area contributed by atoms with Crippen LogP contribution in [0.5, 0.6) is 0 Å². The minimum atomic E-state index is 0.566. The highest BCUT2D eigenvalue weighted by Gasteiger charge is 2.19. The van der Waals surface area contributed by atoms with Gasteiger partial charge in [-0.3, -0.25) is 0 Å². The lowest BCUT2D eigenvalue weighted by molar-refractivity contribution is 0.668. The Hall–Kier alpha value is -7.37. The molecule has 0 saturated heterocycles. The van der Waals surface area contributed by atoms with E-state index in [1.807, 2.05) is 42.5 Å². The van der Waals surface area contributed by atoms with Gasteiger partial charge < -0.3 is 8.83 Å². The normalized spacial score (nSPS) is 11.7. The summed E-state index contributed by atoms with van der Waals surface area (Å²) in [5.41, 5.74) is 10.5. The van der Waals surface area contributed by atoms with Crippen LogP contribution in [-0.2, 0) is 0 Å². The number of hydrogen-bond donors (Lipinski definition) is 0. The first-order valence-electron chi connectivity index (χ1n) is 18.0. The monoisotopic (exact) mass is 691 g/mol. The molecule has 0 fully saturated rings. The maximum Gasteiger partial charge on any atom is 0.164 e. The molecule has 0 bridgehead atoms. The molecule has 0 spiro atoms. The smallest absolute Gasteiger partial charge is 0.164 e. The lowest BCUT2D eigenvalue weighted by atomic mass is 9.99. The summed E-state index contributed by atoms with van der Waals surface area (Å²) in [5, 5.41) is 6.39. The maximum atomic E-state index is 6.54. The first-order valence-corrected chi connectivity index (χ1v) is 18.0. The van der Waals surface area contributed by atoms with E-state index in [1.54, 1.807) is 0 Å². The molecule has 0 radical (unpaired) electrons. The van der Waals surface area contributed by atoms with Crippen LogP contribution < -0.4 is 0 Å². The van der Waals surface area contributed by atoms with Gasteiger partial charge in [-0.1, -0.05) is 133 Å². The lowest BCUT2D eigenvalue weighted by Gasteiger charge is -2.10. The van der Waals surface area contributed by atoms with Crippen molar-refractivity contribution in [3.05, 3.63) is 176 Å². The Labute approximate surface area is 309 Å². The van der Waals surface area contributed by atoms with Gasteiger partial charge in [0.25, 0.3) is 0 Å². The third-order valence-electron chi connectivity index (χ3n) is 10.3. The number of furan rings is 2. The SMILES string of the molecule is c1ccc(-c2ccc(-c3ccc4c(c3)oc3cccc(-c5nc(-c6ccc7ccccc7c6)nc(-c6ccc7c(c6)oc6ccccc67)n5)c34)cc2)cc1. The highest BCUT2D eigenvalue weighted by molar-refractivity contribution is 6.12. The summed E-state index contributed by atoms with van der Waals surface area (Å²) in [6, 6.07) is 60.6. The van der Waals surface area contributed by atoms with Crippen molar-refractivity contribution in [2.45, 2.75) is 0 Å². The van der Waals surface area contributed by atoms with Gasteiger partial charge in [-0.2, -0.15) is 0 Å². The Morgan fingerprint density at radius 3 is 1.69 bits per heavy atom. The zero-order valence-electron chi connectivity index (χ0n) is 28.9. The largest absolute Gasteiger partial charge is 0.456 e. The van der Waals surface area contributed by atoms with E-state index in [9.17, 15) is 0 Å². The van der Waals surface area contributed by atoms with Crippen molar-refractivity contribution in [3.8, 4) is 56.4 Å². The Morgan fingerprint density at radius 2 is 0.833 bits per heavy atom. The molecular formula is C49H29N3O2. The first-order chi connectivity index (χ1) is 26.7. The molecule has 0 unspecified atom stereocenters. The van der Waals surface area contributed by atoms with Crippen molar-refractivity contribution in [2.75, 3.05) is 0 Å². The van der Waals surface area contributed by atoms with Gasteiger partial charge >= 0.3 is 0 Å². The molecule has 5 heteroatoms. The van der Waals surface area contributed by atoms with E-state index < -0.39 is 0 Å². The van der Waals surface area contributed by atoms with Crippen LogP contribution in [-0.4, -0.2) is 15.0 Å². The molecule has 0 saturated carbocycles. The number of hydrogen-bond acceptors (Lipinski definition) is 5. The molecule has 0 aliphatic rings.